The van der Waals surface area contributed by atoms with E-state index >= 15 is 0 Å². The number of nitrogens with zero attached hydrogens (tertiary/aromatic N) is 1. The molecular weight excluding hydrogens is 294 g/mol. The summed E-state index contributed by atoms with van der Waals surface area (Å²) in [4.78, 5) is 2.03. The van der Waals surface area contributed by atoms with Crippen molar-refractivity contribution < 1.29 is 4.42 Å². The smallest absolute Gasteiger partial charge is 0.197 e. The van der Waals surface area contributed by atoms with Crippen LogP contribution >= 0.6 is 39.5 Å². The third kappa shape index (κ3) is 1.96. The van der Waals surface area contributed by atoms with E-state index in [1.165, 1.54) is 0 Å². The summed E-state index contributed by atoms with van der Waals surface area (Å²) in [5, 5.41) is 2.00. The Balaban J connectivity index is 2.70. The first-order valence-corrected chi connectivity index (χ1v) is 6.63. The lowest BCUT2D eigenvalue weighted by Gasteiger charge is -2.14. The van der Waals surface area contributed by atoms with Gasteiger partial charge in [-0.2, -0.15) is 0 Å². The molecule has 0 radical (unpaired) electrons. The van der Waals surface area contributed by atoms with Crippen molar-refractivity contribution in [2.75, 3.05) is 18.5 Å². The topological polar surface area (TPSA) is 16.4 Å². The maximum Gasteiger partial charge on any atom is 0.197 e. The zero-order valence-corrected chi connectivity index (χ0v) is 11.6. The molecule has 80 valence electrons. The Morgan fingerprint density at radius 3 is 3.00 bits per heavy atom. The summed E-state index contributed by atoms with van der Waals surface area (Å²) in [5.41, 5.74) is 0.850. The molecule has 0 aliphatic heterocycles. The number of fused-ring (bicyclic) bond motifs is 1. The summed E-state index contributed by atoms with van der Waals surface area (Å²) < 4.78 is 8.64. The van der Waals surface area contributed by atoms with Gasteiger partial charge in [0.2, 0.25) is 0 Å². The maximum absolute atomic E-state index is 5.79. The molecule has 5 heteroatoms. The van der Waals surface area contributed by atoms with Gasteiger partial charge in [-0.3, -0.25) is 0 Å². The minimum atomic E-state index is 0.814. The number of thiophene rings is 1. The molecule has 2 nitrogen and oxygen atoms in total. The number of halogens is 1. The van der Waals surface area contributed by atoms with E-state index in [4.69, 9.17) is 16.6 Å². The summed E-state index contributed by atoms with van der Waals surface area (Å²) in [6.07, 6.45) is 0. The third-order valence-electron chi connectivity index (χ3n) is 2.24. The summed E-state index contributed by atoms with van der Waals surface area (Å²) in [5.74, 6) is 0.814. The number of hydrogen-bond donors (Lipinski definition) is 0. The number of anilines is 1. The van der Waals surface area contributed by atoms with Gasteiger partial charge in [0.1, 0.15) is 0 Å². The Morgan fingerprint density at radius 2 is 2.33 bits per heavy atom. The fourth-order valence-corrected chi connectivity index (χ4v) is 3.04. The molecule has 0 saturated carbocycles. The monoisotopic (exact) mass is 303 g/mol. The van der Waals surface area contributed by atoms with E-state index in [1.54, 1.807) is 11.3 Å². The summed E-state index contributed by atoms with van der Waals surface area (Å²) >= 11 is 10.4. The van der Waals surface area contributed by atoms with E-state index in [0.29, 0.717) is 0 Å². The molecule has 2 heterocycles. The SMILES string of the molecule is CCN(C)c1cc(=S)c2scc(Br)c2o1. The van der Waals surface area contributed by atoms with E-state index in [0.717, 1.165) is 31.7 Å². The van der Waals surface area contributed by atoms with Crippen molar-refractivity contribution in [2.45, 2.75) is 6.92 Å². The second kappa shape index (κ2) is 4.23. The predicted octanol–water partition coefficient (Wildman–Crippen LogP) is 4.44. The Labute approximate surface area is 106 Å². The molecule has 0 amide bonds. The average Bonchev–Trinajstić information content (AvgIpc) is 2.60. The van der Waals surface area contributed by atoms with Gasteiger partial charge >= 0.3 is 0 Å². The molecule has 0 saturated heterocycles. The average molecular weight is 304 g/mol. The molecule has 0 bridgehead atoms. The van der Waals surface area contributed by atoms with E-state index in [-0.39, 0.29) is 0 Å². The lowest BCUT2D eigenvalue weighted by molar-refractivity contribution is 0.589. The minimum absolute atomic E-state index is 0.814. The van der Waals surface area contributed by atoms with Crippen LogP contribution in [-0.4, -0.2) is 13.6 Å². The van der Waals surface area contributed by atoms with Gasteiger partial charge in [0.25, 0.3) is 0 Å². The molecule has 0 atom stereocenters. The van der Waals surface area contributed by atoms with Crippen molar-refractivity contribution in [2.24, 2.45) is 0 Å². The van der Waals surface area contributed by atoms with Gasteiger partial charge in [0.05, 0.1) is 13.7 Å². The van der Waals surface area contributed by atoms with Crippen LogP contribution in [0.5, 0.6) is 0 Å². The Morgan fingerprint density at radius 1 is 1.60 bits per heavy atom. The van der Waals surface area contributed by atoms with Crippen LogP contribution in [0.3, 0.4) is 0 Å². The molecule has 15 heavy (non-hydrogen) atoms. The predicted molar refractivity (Wildman–Crippen MR) is 71.6 cm³/mol. The molecule has 0 N–H and O–H groups in total. The highest BCUT2D eigenvalue weighted by Crippen LogP contribution is 2.34. The van der Waals surface area contributed by atoms with Gasteiger partial charge in [-0.15, -0.1) is 11.3 Å². The molecule has 0 spiro atoms. The van der Waals surface area contributed by atoms with Gasteiger partial charge in [0.15, 0.2) is 11.5 Å². The van der Waals surface area contributed by atoms with Crippen LogP contribution in [0.1, 0.15) is 6.92 Å². The van der Waals surface area contributed by atoms with Gasteiger partial charge in [-0.1, -0.05) is 12.2 Å². The first-order valence-electron chi connectivity index (χ1n) is 4.55. The molecule has 0 aliphatic carbocycles. The van der Waals surface area contributed by atoms with E-state index < -0.39 is 0 Å². The molecular formula is C10H10BrNOS2. The molecule has 0 unspecified atom stereocenters. The van der Waals surface area contributed by atoms with Crippen molar-refractivity contribution in [3.05, 3.63) is 20.4 Å². The fraction of sp³-hybridized carbons (Fsp3) is 0.300. The highest BCUT2D eigenvalue weighted by molar-refractivity contribution is 9.10. The highest BCUT2D eigenvalue weighted by Gasteiger charge is 2.09. The van der Waals surface area contributed by atoms with Crippen LogP contribution in [0.2, 0.25) is 0 Å². The summed E-state index contributed by atoms with van der Waals surface area (Å²) in [6, 6.07) is 1.91. The summed E-state index contributed by atoms with van der Waals surface area (Å²) in [7, 11) is 1.99. The zero-order chi connectivity index (χ0) is 11.0. The quantitative estimate of drug-likeness (QED) is 0.763. The van der Waals surface area contributed by atoms with Crippen LogP contribution < -0.4 is 4.90 Å². The van der Waals surface area contributed by atoms with Crippen molar-refractivity contribution in [3.8, 4) is 0 Å². The van der Waals surface area contributed by atoms with Gasteiger partial charge in [-0.05, 0) is 22.9 Å². The lowest BCUT2D eigenvalue weighted by Crippen LogP contribution is -2.15. The van der Waals surface area contributed by atoms with E-state index in [2.05, 4.69) is 22.9 Å². The van der Waals surface area contributed by atoms with Crippen LogP contribution in [0.4, 0.5) is 5.88 Å². The van der Waals surface area contributed by atoms with Crippen molar-refractivity contribution in [3.63, 3.8) is 0 Å². The van der Waals surface area contributed by atoms with Gasteiger partial charge < -0.3 is 9.32 Å². The molecule has 0 fully saturated rings. The van der Waals surface area contributed by atoms with Crippen LogP contribution in [0, 0.1) is 4.51 Å². The first kappa shape index (κ1) is 11.1. The van der Waals surface area contributed by atoms with E-state index in [9.17, 15) is 0 Å². The minimum Gasteiger partial charge on any atom is -0.438 e. The van der Waals surface area contributed by atoms with Gasteiger partial charge in [-0.25, -0.2) is 0 Å². The van der Waals surface area contributed by atoms with Crippen LogP contribution in [-0.2, 0) is 0 Å². The van der Waals surface area contributed by atoms with E-state index in [1.807, 2.05) is 23.4 Å². The molecule has 2 rings (SSSR count). The Hall–Kier alpha value is -0.390. The first-order chi connectivity index (χ1) is 7.13. The van der Waals surface area contributed by atoms with Crippen LogP contribution in [0.25, 0.3) is 10.3 Å². The molecule has 2 aromatic rings. The Kier molecular flexibility index (Phi) is 3.13. The molecule has 2 aromatic heterocycles. The standard InChI is InChI=1S/C10H10BrNOS2/c1-3-12(2)8-4-7(14)10-9(13-8)6(11)5-15-10/h4-5H,3H2,1-2H3. The lowest BCUT2D eigenvalue weighted by atomic mass is 10.4. The second-order valence-corrected chi connectivity index (χ2v) is 5.38. The molecule has 0 aromatic carbocycles. The summed E-state index contributed by atoms with van der Waals surface area (Å²) in [6.45, 7) is 2.97. The second-order valence-electron chi connectivity index (χ2n) is 3.20. The largest absolute Gasteiger partial charge is 0.438 e. The highest BCUT2D eigenvalue weighted by atomic mass is 79.9. The third-order valence-corrected chi connectivity index (χ3v) is 4.58. The normalized spacial score (nSPS) is 10.9. The Bertz CT molecular complexity index is 546. The van der Waals surface area contributed by atoms with Crippen molar-refractivity contribution in [1.29, 1.82) is 0 Å². The zero-order valence-electron chi connectivity index (χ0n) is 8.41. The number of rotatable bonds is 2. The van der Waals surface area contributed by atoms with Crippen molar-refractivity contribution >= 4 is 55.7 Å². The van der Waals surface area contributed by atoms with Crippen molar-refractivity contribution in [1.82, 2.24) is 0 Å². The van der Waals surface area contributed by atoms with Crippen LogP contribution in [0.15, 0.2) is 20.3 Å². The maximum atomic E-state index is 5.79. The molecule has 0 aliphatic rings. The fourth-order valence-electron chi connectivity index (χ4n) is 1.25. The number of hydrogen-bond acceptors (Lipinski definition) is 4. The van der Waals surface area contributed by atoms with Gasteiger partial charge in [0, 0.05) is 25.0 Å².